The zero-order valence-corrected chi connectivity index (χ0v) is 18.2. The van der Waals surface area contributed by atoms with Gasteiger partial charge in [0.1, 0.15) is 11.6 Å². The molecule has 1 saturated carbocycles. The maximum Gasteiger partial charge on any atom is 0.219 e. The summed E-state index contributed by atoms with van der Waals surface area (Å²) in [6.45, 7) is 3.81. The standard InChI is InChI=1S/C20H31N5O3S/c1-14(26)24-10-8-15(12-24)19-22-18-9-11-25(13-17(18)20(21-2)23-19)29(27,28)16-6-4-3-5-7-16/h15-16H,3-13H2,1-2H3,(H,21,22,23)/t15-/m1/s1. The summed E-state index contributed by atoms with van der Waals surface area (Å²) in [4.78, 5) is 23.0. The second kappa shape index (κ2) is 8.18. The van der Waals surface area contributed by atoms with Crippen LogP contribution in [-0.4, -0.2) is 65.4 Å². The number of hydrogen-bond acceptors (Lipinski definition) is 6. The summed E-state index contributed by atoms with van der Waals surface area (Å²) in [5.41, 5.74) is 1.83. The molecule has 0 aromatic carbocycles. The van der Waals surface area contributed by atoms with Crippen molar-refractivity contribution in [3.63, 3.8) is 0 Å². The number of anilines is 1. The molecule has 1 saturated heterocycles. The van der Waals surface area contributed by atoms with E-state index in [0.717, 1.165) is 68.0 Å². The summed E-state index contributed by atoms with van der Waals surface area (Å²) in [5, 5.41) is 2.91. The number of hydrogen-bond donors (Lipinski definition) is 1. The van der Waals surface area contributed by atoms with Crippen molar-refractivity contribution in [3.05, 3.63) is 17.1 Å². The Hall–Kier alpha value is -1.74. The minimum absolute atomic E-state index is 0.0860. The van der Waals surface area contributed by atoms with E-state index in [1.54, 1.807) is 11.2 Å². The molecule has 3 heterocycles. The van der Waals surface area contributed by atoms with Gasteiger partial charge in [0.2, 0.25) is 15.9 Å². The first-order chi connectivity index (χ1) is 13.9. The molecule has 3 aliphatic rings. The summed E-state index contributed by atoms with van der Waals surface area (Å²) in [6.07, 6.45) is 6.15. The number of rotatable bonds is 4. The maximum absolute atomic E-state index is 13.2. The zero-order chi connectivity index (χ0) is 20.6. The van der Waals surface area contributed by atoms with Gasteiger partial charge in [0.25, 0.3) is 0 Å². The molecule has 1 aliphatic carbocycles. The maximum atomic E-state index is 13.2. The molecule has 9 heteroatoms. The van der Waals surface area contributed by atoms with Gasteiger partial charge in [-0.25, -0.2) is 18.4 Å². The number of carbonyl (C=O) groups is 1. The number of nitrogens with zero attached hydrogens (tertiary/aromatic N) is 4. The lowest BCUT2D eigenvalue weighted by molar-refractivity contribution is -0.127. The van der Waals surface area contributed by atoms with Crippen LogP contribution in [0.25, 0.3) is 0 Å². The van der Waals surface area contributed by atoms with Crippen molar-refractivity contribution in [2.24, 2.45) is 0 Å². The number of fused-ring (bicyclic) bond motifs is 1. The van der Waals surface area contributed by atoms with E-state index in [9.17, 15) is 13.2 Å². The van der Waals surface area contributed by atoms with Gasteiger partial charge in [-0.2, -0.15) is 4.31 Å². The van der Waals surface area contributed by atoms with Gasteiger partial charge < -0.3 is 10.2 Å². The van der Waals surface area contributed by atoms with E-state index < -0.39 is 10.0 Å². The van der Waals surface area contributed by atoms with Crippen molar-refractivity contribution in [2.75, 3.05) is 32.0 Å². The average Bonchev–Trinajstić information content (AvgIpc) is 3.24. The molecule has 1 amide bonds. The van der Waals surface area contributed by atoms with Gasteiger partial charge in [-0.15, -0.1) is 0 Å². The topological polar surface area (TPSA) is 95.5 Å². The predicted molar refractivity (Wildman–Crippen MR) is 111 cm³/mol. The summed E-state index contributed by atoms with van der Waals surface area (Å²) in [5.74, 6) is 1.71. The van der Waals surface area contributed by atoms with E-state index in [2.05, 4.69) is 5.32 Å². The molecule has 0 unspecified atom stereocenters. The van der Waals surface area contributed by atoms with Crippen LogP contribution in [0.4, 0.5) is 5.82 Å². The summed E-state index contributed by atoms with van der Waals surface area (Å²) >= 11 is 0. The van der Waals surface area contributed by atoms with Gasteiger partial charge in [0, 0.05) is 58.1 Å². The van der Waals surface area contributed by atoms with E-state index in [4.69, 9.17) is 9.97 Å². The highest BCUT2D eigenvalue weighted by Crippen LogP contribution is 2.33. The molecule has 8 nitrogen and oxygen atoms in total. The molecule has 1 N–H and O–H groups in total. The predicted octanol–water partition coefficient (Wildman–Crippen LogP) is 1.87. The third-order valence-corrected chi connectivity index (χ3v) is 8.96. The van der Waals surface area contributed by atoms with Crippen LogP contribution in [0, 0.1) is 0 Å². The van der Waals surface area contributed by atoms with Crippen molar-refractivity contribution < 1.29 is 13.2 Å². The molecule has 4 rings (SSSR count). The molecule has 0 radical (unpaired) electrons. The van der Waals surface area contributed by atoms with Gasteiger partial charge >= 0.3 is 0 Å². The molecule has 2 aliphatic heterocycles. The van der Waals surface area contributed by atoms with Crippen LogP contribution < -0.4 is 5.32 Å². The first kappa shape index (κ1) is 20.5. The first-order valence-electron chi connectivity index (χ1n) is 10.7. The van der Waals surface area contributed by atoms with E-state index in [-0.39, 0.29) is 17.1 Å². The number of nitrogens with one attached hydrogen (secondary N) is 1. The third-order valence-electron chi connectivity index (χ3n) is 6.61. The van der Waals surface area contributed by atoms with Crippen LogP contribution in [0.1, 0.15) is 68.4 Å². The summed E-state index contributed by atoms with van der Waals surface area (Å²) in [7, 11) is -1.47. The van der Waals surface area contributed by atoms with Crippen LogP contribution in [0.15, 0.2) is 0 Å². The van der Waals surface area contributed by atoms with Crippen LogP contribution in [-0.2, 0) is 27.8 Å². The number of amides is 1. The van der Waals surface area contributed by atoms with Crippen molar-refractivity contribution in [3.8, 4) is 0 Å². The SMILES string of the molecule is CNc1nc([C@@H]2CCN(C(C)=O)C2)nc2c1CN(S(=O)(=O)C1CCCCC1)CC2. The third kappa shape index (κ3) is 3.99. The monoisotopic (exact) mass is 421 g/mol. The van der Waals surface area contributed by atoms with Crippen molar-refractivity contribution in [1.82, 2.24) is 19.2 Å². The quantitative estimate of drug-likeness (QED) is 0.797. The second-order valence-electron chi connectivity index (χ2n) is 8.44. The van der Waals surface area contributed by atoms with Gasteiger partial charge in [0.15, 0.2) is 0 Å². The number of likely N-dealkylation sites (tertiary alicyclic amines) is 1. The Labute approximate surface area is 173 Å². The molecule has 1 atom stereocenters. The number of carbonyl (C=O) groups excluding carboxylic acids is 1. The van der Waals surface area contributed by atoms with E-state index in [1.165, 1.54) is 0 Å². The van der Waals surface area contributed by atoms with Gasteiger partial charge in [-0.05, 0) is 19.3 Å². The van der Waals surface area contributed by atoms with Crippen molar-refractivity contribution in [1.29, 1.82) is 0 Å². The average molecular weight is 422 g/mol. The molecule has 0 spiro atoms. The van der Waals surface area contributed by atoms with E-state index in [0.29, 0.717) is 26.1 Å². The highest BCUT2D eigenvalue weighted by Gasteiger charge is 2.37. The van der Waals surface area contributed by atoms with Gasteiger partial charge in [0.05, 0.1) is 10.9 Å². The van der Waals surface area contributed by atoms with E-state index in [1.807, 2.05) is 11.9 Å². The smallest absolute Gasteiger partial charge is 0.219 e. The fourth-order valence-corrected chi connectivity index (χ4v) is 6.85. The largest absolute Gasteiger partial charge is 0.373 e. The van der Waals surface area contributed by atoms with Crippen LogP contribution in [0.2, 0.25) is 0 Å². The molecule has 1 aromatic rings. The molecule has 1 aromatic heterocycles. The van der Waals surface area contributed by atoms with Crippen molar-refractivity contribution >= 4 is 21.7 Å². The molecule has 2 fully saturated rings. The number of sulfonamides is 1. The lowest BCUT2D eigenvalue weighted by Gasteiger charge is -2.33. The lowest BCUT2D eigenvalue weighted by atomic mass is 10.0. The Morgan fingerprint density at radius 1 is 1.10 bits per heavy atom. The number of aromatic nitrogens is 2. The Balaban J connectivity index is 1.56. The van der Waals surface area contributed by atoms with Crippen LogP contribution in [0.3, 0.4) is 0 Å². The molecular formula is C20H31N5O3S. The summed E-state index contributed by atoms with van der Waals surface area (Å²) < 4.78 is 27.9. The molecule has 29 heavy (non-hydrogen) atoms. The minimum atomic E-state index is -3.29. The minimum Gasteiger partial charge on any atom is -0.373 e. The Morgan fingerprint density at radius 3 is 2.52 bits per heavy atom. The fraction of sp³-hybridized carbons (Fsp3) is 0.750. The normalized spacial score (nSPS) is 23.8. The second-order valence-corrected chi connectivity index (χ2v) is 10.7. The molecule has 0 bridgehead atoms. The Kier molecular flexibility index (Phi) is 5.79. The fourth-order valence-electron chi connectivity index (χ4n) is 4.85. The van der Waals surface area contributed by atoms with Gasteiger partial charge in [-0.3, -0.25) is 4.79 Å². The first-order valence-corrected chi connectivity index (χ1v) is 12.2. The highest BCUT2D eigenvalue weighted by molar-refractivity contribution is 7.89. The van der Waals surface area contributed by atoms with Crippen molar-refractivity contribution in [2.45, 2.75) is 69.6 Å². The van der Waals surface area contributed by atoms with E-state index >= 15 is 0 Å². The molecule has 160 valence electrons. The Bertz CT molecular complexity index is 865. The van der Waals surface area contributed by atoms with Crippen LogP contribution >= 0.6 is 0 Å². The van der Waals surface area contributed by atoms with Crippen LogP contribution in [0.5, 0.6) is 0 Å². The Morgan fingerprint density at radius 2 is 1.86 bits per heavy atom. The molecular weight excluding hydrogens is 390 g/mol. The summed E-state index contributed by atoms with van der Waals surface area (Å²) in [6, 6.07) is 0. The zero-order valence-electron chi connectivity index (χ0n) is 17.4. The highest BCUT2D eigenvalue weighted by atomic mass is 32.2. The lowest BCUT2D eigenvalue weighted by Crippen LogP contribution is -2.43. The van der Waals surface area contributed by atoms with Gasteiger partial charge in [-0.1, -0.05) is 19.3 Å².